The lowest BCUT2D eigenvalue weighted by atomic mass is 10.1. The number of carbonyl (C=O) groups excluding carboxylic acids is 1. The van der Waals surface area contributed by atoms with E-state index in [-0.39, 0.29) is 17.8 Å². The summed E-state index contributed by atoms with van der Waals surface area (Å²) in [4.78, 5) is 15.2. The first kappa shape index (κ1) is 13.3. The minimum Gasteiger partial charge on any atom is -0.359 e. The van der Waals surface area contributed by atoms with E-state index in [9.17, 15) is 18.0 Å². The summed E-state index contributed by atoms with van der Waals surface area (Å²) in [6.45, 7) is 0. The fraction of sp³-hybridized carbons (Fsp3) is 0.231. The van der Waals surface area contributed by atoms with Gasteiger partial charge in [-0.1, -0.05) is 18.2 Å². The van der Waals surface area contributed by atoms with E-state index >= 15 is 0 Å². The number of halogens is 3. The molecule has 1 aromatic carbocycles. The van der Waals surface area contributed by atoms with Crippen molar-refractivity contribution in [3.63, 3.8) is 0 Å². The Hall–Kier alpha value is -2.11. The van der Waals surface area contributed by atoms with Gasteiger partial charge >= 0.3 is 6.18 Å². The number of para-hydroxylation sites is 1. The van der Waals surface area contributed by atoms with Crippen LogP contribution >= 0.6 is 0 Å². The molecule has 0 spiro atoms. The number of carbonyl (C=O) groups is 1. The van der Waals surface area contributed by atoms with Gasteiger partial charge in [0.2, 0.25) is 5.91 Å². The number of alkyl halides is 3. The van der Waals surface area contributed by atoms with Crippen molar-refractivity contribution in [2.24, 2.45) is 0 Å². The summed E-state index contributed by atoms with van der Waals surface area (Å²) in [5.74, 6) is -0.295. The maximum absolute atomic E-state index is 12.9. The topological polar surface area (TPSA) is 42.0 Å². The zero-order chi connectivity index (χ0) is 14.0. The number of benzene rings is 1. The molecular weight excluding hydrogens is 257 g/mol. The van der Waals surface area contributed by atoms with Crippen LogP contribution in [0.2, 0.25) is 0 Å². The maximum atomic E-state index is 12.9. The molecule has 0 unspecified atom stereocenters. The van der Waals surface area contributed by atoms with Gasteiger partial charge in [0.25, 0.3) is 0 Å². The van der Waals surface area contributed by atoms with Crippen molar-refractivity contribution in [1.82, 2.24) is 10.3 Å². The van der Waals surface area contributed by atoms with E-state index in [4.69, 9.17) is 0 Å². The summed E-state index contributed by atoms with van der Waals surface area (Å²) < 4.78 is 38.6. The summed E-state index contributed by atoms with van der Waals surface area (Å²) in [5.41, 5.74) is -0.608. The van der Waals surface area contributed by atoms with Crippen molar-refractivity contribution in [2.75, 3.05) is 7.05 Å². The summed E-state index contributed by atoms with van der Waals surface area (Å²) in [5, 5.41) is 2.80. The minimum absolute atomic E-state index is 0.0430. The molecule has 100 valence electrons. The number of nitrogens with one attached hydrogen (secondary N) is 1. The Bertz CT molecular complexity index is 623. The van der Waals surface area contributed by atoms with E-state index in [1.54, 1.807) is 12.1 Å². The Kier molecular flexibility index (Phi) is 3.42. The van der Waals surface area contributed by atoms with Crippen LogP contribution in [0.1, 0.15) is 11.3 Å². The molecule has 6 heteroatoms. The highest BCUT2D eigenvalue weighted by atomic mass is 19.4. The number of nitrogens with zero attached hydrogens (tertiary/aromatic N) is 1. The largest absolute Gasteiger partial charge is 0.418 e. The molecule has 1 heterocycles. The van der Waals surface area contributed by atoms with Gasteiger partial charge in [0, 0.05) is 12.4 Å². The third-order valence-corrected chi connectivity index (χ3v) is 2.70. The van der Waals surface area contributed by atoms with Crippen molar-refractivity contribution < 1.29 is 18.0 Å². The highest BCUT2D eigenvalue weighted by Crippen LogP contribution is 2.33. The smallest absolute Gasteiger partial charge is 0.359 e. The quantitative estimate of drug-likeness (QED) is 0.909. The summed E-state index contributed by atoms with van der Waals surface area (Å²) >= 11 is 0. The third kappa shape index (κ3) is 2.83. The van der Waals surface area contributed by atoms with Gasteiger partial charge in [0.15, 0.2) is 0 Å². The van der Waals surface area contributed by atoms with Gasteiger partial charge < -0.3 is 5.32 Å². The summed E-state index contributed by atoms with van der Waals surface area (Å²) in [6.07, 6.45) is -4.50. The second-order valence-corrected chi connectivity index (χ2v) is 4.03. The van der Waals surface area contributed by atoms with E-state index in [0.717, 1.165) is 6.07 Å². The number of pyridine rings is 1. The minimum atomic E-state index is -4.46. The van der Waals surface area contributed by atoms with Crippen molar-refractivity contribution in [2.45, 2.75) is 12.6 Å². The first-order chi connectivity index (χ1) is 8.91. The predicted octanol–water partition coefficient (Wildman–Crippen LogP) is 2.54. The zero-order valence-electron chi connectivity index (χ0n) is 10.1. The van der Waals surface area contributed by atoms with E-state index in [0.29, 0.717) is 11.1 Å². The molecule has 1 amide bonds. The van der Waals surface area contributed by atoms with Crippen LogP contribution in [-0.4, -0.2) is 17.9 Å². The predicted molar refractivity (Wildman–Crippen MR) is 64.5 cm³/mol. The Labute approximate surface area is 107 Å². The molecule has 0 saturated heterocycles. The van der Waals surface area contributed by atoms with E-state index < -0.39 is 11.7 Å². The third-order valence-electron chi connectivity index (χ3n) is 2.70. The number of amides is 1. The summed E-state index contributed by atoms with van der Waals surface area (Å²) in [7, 11) is 1.46. The lowest BCUT2D eigenvalue weighted by molar-refractivity contribution is -0.136. The first-order valence-electron chi connectivity index (χ1n) is 5.58. The molecular formula is C13H11F3N2O. The standard InChI is InChI=1S/C13H11F3N2O/c1-17-11(19)7-9-6-5-8-3-2-4-10(12(8)18-9)13(14,15)16/h2-6H,7H2,1H3,(H,17,19). The fourth-order valence-electron chi connectivity index (χ4n) is 1.77. The highest BCUT2D eigenvalue weighted by Gasteiger charge is 2.33. The lowest BCUT2D eigenvalue weighted by Crippen LogP contribution is -2.20. The van der Waals surface area contributed by atoms with E-state index in [1.165, 1.54) is 19.2 Å². The van der Waals surface area contributed by atoms with Gasteiger partial charge in [0.05, 0.1) is 23.2 Å². The highest BCUT2D eigenvalue weighted by molar-refractivity contribution is 5.84. The van der Waals surface area contributed by atoms with Crippen LogP contribution in [0.4, 0.5) is 13.2 Å². The van der Waals surface area contributed by atoms with Crippen LogP contribution in [-0.2, 0) is 17.4 Å². The van der Waals surface area contributed by atoms with Gasteiger partial charge in [-0.15, -0.1) is 0 Å². The Morgan fingerprint density at radius 3 is 2.63 bits per heavy atom. The molecule has 2 rings (SSSR count). The summed E-state index contributed by atoms with van der Waals surface area (Å²) in [6, 6.07) is 6.97. The molecule has 0 bridgehead atoms. The lowest BCUT2D eigenvalue weighted by Gasteiger charge is -2.10. The van der Waals surface area contributed by atoms with Crippen LogP contribution in [0.5, 0.6) is 0 Å². The molecule has 0 atom stereocenters. The second-order valence-electron chi connectivity index (χ2n) is 4.03. The number of hydrogen-bond acceptors (Lipinski definition) is 2. The Morgan fingerprint density at radius 2 is 2.00 bits per heavy atom. The van der Waals surface area contributed by atoms with Crippen molar-refractivity contribution in [1.29, 1.82) is 0 Å². The van der Waals surface area contributed by atoms with E-state index in [1.807, 2.05) is 0 Å². The maximum Gasteiger partial charge on any atom is 0.418 e. The van der Waals surface area contributed by atoms with Crippen molar-refractivity contribution in [3.8, 4) is 0 Å². The number of aromatic nitrogens is 1. The normalized spacial score (nSPS) is 11.6. The van der Waals surface area contributed by atoms with Gasteiger partial charge in [-0.3, -0.25) is 9.78 Å². The average molecular weight is 268 g/mol. The second kappa shape index (κ2) is 4.87. The van der Waals surface area contributed by atoms with Crippen molar-refractivity contribution in [3.05, 3.63) is 41.6 Å². The number of rotatable bonds is 2. The van der Waals surface area contributed by atoms with Crippen LogP contribution < -0.4 is 5.32 Å². The number of likely N-dealkylation sites (N-methyl/N-ethyl adjacent to an activating group) is 1. The van der Waals surface area contributed by atoms with Gasteiger partial charge in [-0.25, -0.2) is 0 Å². The van der Waals surface area contributed by atoms with Crippen LogP contribution in [0.15, 0.2) is 30.3 Å². The molecule has 0 aliphatic rings. The molecule has 0 aliphatic carbocycles. The molecule has 0 saturated carbocycles. The monoisotopic (exact) mass is 268 g/mol. The molecule has 1 N–H and O–H groups in total. The number of hydrogen-bond donors (Lipinski definition) is 1. The molecule has 0 radical (unpaired) electrons. The molecule has 19 heavy (non-hydrogen) atoms. The molecule has 0 aliphatic heterocycles. The molecule has 1 aromatic heterocycles. The van der Waals surface area contributed by atoms with Crippen LogP contribution in [0, 0.1) is 0 Å². The van der Waals surface area contributed by atoms with E-state index in [2.05, 4.69) is 10.3 Å². The average Bonchev–Trinajstić information content (AvgIpc) is 2.36. The fourth-order valence-corrected chi connectivity index (χ4v) is 1.77. The number of fused-ring (bicyclic) bond motifs is 1. The van der Waals surface area contributed by atoms with Crippen LogP contribution in [0.3, 0.4) is 0 Å². The molecule has 3 nitrogen and oxygen atoms in total. The van der Waals surface area contributed by atoms with Gasteiger partial charge in [-0.2, -0.15) is 13.2 Å². The van der Waals surface area contributed by atoms with Gasteiger partial charge in [0.1, 0.15) is 0 Å². The Morgan fingerprint density at radius 1 is 1.26 bits per heavy atom. The zero-order valence-corrected chi connectivity index (χ0v) is 10.1. The van der Waals surface area contributed by atoms with Crippen molar-refractivity contribution >= 4 is 16.8 Å². The first-order valence-corrected chi connectivity index (χ1v) is 5.58. The van der Waals surface area contributed by atoms with Crippen LogP contribution in [0.25, 0.3) is 10.9 Å². The molecule has 2 aromatic rings. The molecule has 0 fully saturated rings. The van der Waals surface area contributed by atoms with Gasteiger partial charge in [-0.05, 0) is 12.1 Å². The SMILES string of the molecule is CNC(=O)Cc1ccc2cccc(C(F)(F)F)c2n1. The Balaban J connectivity index is 2.54.